The number of piperidine rings is 1. The maximum absolute atomic E-state index is 12.6. The molecule has 24 heavy (non-hydrogen) atoms. The highest BCUT2D eigenvalue weighted by atomic mass is 35.5. The van der Waals surface area contributed by atoms with Gasteiger partial charge in [0.15, 0.2) is 5.78 Å². The first-order valence-corrected chi connectivity index (χ1v) is 8.43. The molecule has 1 spiro atoms. The summed E-state index contributed by atoms with van der Waals surface area (Å²) in [6, 6.07) is 0. The molecular weight excluding hydrogens is 332 g/mol. The molecule has 130 valence electrons. The minimum Gasteiger partial charge on any atom is -0.444 e. The number of allylic oxidation sites excluding steroid dienone is 3. The average Bonchev–Trinajstić information content (AvgIpc) is 2.73. The molecular formula is C17H21ClN2O4. The van der Waals surface area contributed by atoms with Crippen LogP contribution in [-0.2, 0) is 14.3 Å². The van der Waals surface area contributed by atoms with Crippen LogP contribution in [0.3, 0.4) is 0 Å². The average molecular weight is 353 g/mol. The summed E-state index contributed by atoms with van der Waals surface area (Å²) in [6.07, 6.45) is 3.93. The highest BCUT2D eigenvalue weighted by Gasteiger charge is 2.56. The molecule has 2 fully saturated rings. The Hall–Kier alpha value is -1.82. The number of rotatable bonds is 0. The molecule has 2 atom stereocenters. The number of halogens is 1. The van der Waals surface area contributed by atoms with Gasteiger partial charge < -0.3 is 15.0 Å². The van der Waals surface area contributed by atoms with Gasteiger partial charge in [-0.15, -0.1) is 0 Å². The molecule has 1 N–H and O–H groups in total. The summed E-state index contributed by atoms with van der Waals surface area (Å²) in [5.74, 6) is -1.17. The lowest BCUT2D eigenvalue weighted by atomic mass is 9.73. The number of nitrogens with one attached hydrogen (secondary N) is 1. The van der Waals surface area contributed by atoms with E-state index in [2.05, 4.69) is 5.32 Å². The number of hydrogen-bond acceptors (Lipinski definition) is 4. The zero-order valence-corrected chi connectivity index (χ0v) is 14.8. The molecule has 2 amide bonds. The summed E-state index contributed by atoms with van der Waals surface area (Å²) < 4.78 is 5.43. The first-order chi connectivity index (χ1) is 11.1. The fraction of sp³-hybridized carbons (Fsp3) is 0.588. The van der Waals surface area contributed by atoms with Crippen molar-refractivity contribution < 1.29 is 19.1 Å². The number of Topliss-reactive ketones (excluding diaryl/α,β-unsaturated/α-hetero) is 1. The van der Waals surface area contributed by atoms with E-state index in [0.717, 1.165) is 0 Å². The van der Waals surface area contributed by atoms with Crippen molar-refractivity contribution in [2.75, 3.05) is 13.1 Å². The van der Waals surface area contributed by atoms with Crippen molar-refractivity contribution in [3.8, 4) is 0 Å². The van der Waals surface area contributed by atoms with E-state index in [0.29, 0.717) is 25.0 Å². The number of ether oxygens (including phenoxy) is 1. The van der Waals surface area contributed by atoms with Crippen LogP contribution < -0.4 is 5.32 Å². The smallest absolute Gasteiger partial charge is 0.410 e. The first kappa shape index (κ1) is 17.0. The maximum Gasteiger partial charge on any atom is 0.410 e. The van der Waals surface area contributed by atoms with Gasteiger partial charge in [-0.2, -0.15) is 0 Å². The number of carbonyl (C=O) groups is 3. The predicted molar refractivity (Wildman–Crippen MR) is 88.4 cm³/mol. The van der Waals surface area contributed by atoms with E-state index in [-0.39, 0.29) is 23.3 Å². The molecule has 1 aliphatic carbocycles. The van der Waals surface area contributed by atoms with Crippen LogP contribution >= 0.6 is 11.6 Å². The molecule has 0 saturated carbocycles. The molecule has 0 radical (unpaired) electrons. The van der Waals surface area contributed by atoms with Crippen LogP contribution in [0.2, 0.25) is 0 Å². The van der Waals surface area contributed by atoms with Gasteiger partial charge in [-0.05, 0) is 39.7 Å². The lowest BCUT2D eigenvalue weighted by Crippen LogP contribution is -2.60. The van der Waals surface area contributed by atoms with Crippen molar-refractivity contribution >= 4 is 29.4 Å². The van der Waals surface area contributed by atoms with Crippen LogP contribution in [0, 0.1) is 5.92 Å². The molecule has 3 aliphatic rings. The number of hydrogen-bond donors (Lipinski definition) is 1. The molecule has 0 aromatic carbocycles. The zero-order chi connectivity index (χ0) is 17.7. The number of likely N-dealkylation sites (tertiary alicyclic amines) is 1. The van der Waals surface area contributed by atoms with Crippen molar-refractivity contribution in [3.63, 3.8) is 0 Å². The van der Waals surface area contributed by atoms with Gasteiger partial charge in [-0.1, -0.05) is 17.7 Å². The Morgan fingerprint density at radius 2 is 2.08 bits per heavy atom. The van der Waals surface area contributed by atoms with Crippen molar-refractivity contribution in [2.24, 2.45) is 5.92 Å². The second kappa shape index (κ2) is 5.62. The van der Waals surface area contributed by atoms with E-state index < -0.39 is 23.2 Å². The largest absolute Gasteiger partial charge is 0.444 e. The molecule has 0 bridgehead atoms. The van der Waals surface area contributed by atoms with Crippen LogP contribution in [0.15, 0.2) is 22.8 Å². The Kier molecular flexibility index (Phi) is 3.98. The fourth-order valence-electron chi connectivity index (χ4n) is 3.65. The summed E-state index contributed by atoms with van der Waals surface area (Å²) >= 11 is 5.99. The summed E-state index contributed by atoms with van der Waals surface area (Å²) in [6.45, 7) is 6.19. The Balaban J connectivity index is 1.87. The second-order valence-electron chi connectivity index (χ2n) is 7.55. The quantitative estimate of drug-likeness (QED) is 0.724. The predicted octanol–water partition coefficient (Wildman–Crippen LogP) is 2.13. The topological polar surface area (TPSA) is 75.7 Å². The van der Waals surface area contributed by atoms with E-state index in [9.17, 15) is 14.4 Å². The zero-order valence-electron chi connectivity index (χ0n) is 14.0. The second-order valence-corrected chi connectivity index (χ2v) is 7.96. The normalized spacial score (nSPS) is 29.8. The third kappa shape index (κ3) is 2.83. The first-order valence-electron chi connectivity index (χ1n) is 8.05. The van der Waals surface area contributed by atoms with E-state index in [4.69, 9.17) is 16.3 Å². The summed E-state index contributed by atoms with van der Waals surface area (Å²) in [5, 5.41) is 3.06. The molecule has 2 saturated heterocycles. The summed E-state index contributed by atoms with van der Waals surface area (Å²) in [7, 11) is 0. The van der Waals surface area contributed by atoms with Gasteiger partial charge in [-0.3, -0.25) is 9.59 Å². The third-order valence-electron chi connectivity index (χ3n) is 4.57. The number of ketones is 1. The Morgan fingerprint density at radius 3 is 2.75 bits per heavy atom. The van der Waals surface area contributed by atoms with Crippen LogP contribution in [0.5, 0.6) is 0 Å². The summed E-state index contributed by atoms with van der Waals surface area (Å²) in [5.41, 5.74) is -0.975. The van der Waals surface area contributed by atoms with Crippen molar-refractivity contribution in [2.45, 2.75) is 44.8 Å². The molecule has 0 aromatic heterocycles. The van der Waals surface area contributed by atoms with Crippen LogP contribution in [0.25, 0.3) is 0 Å². The standard InChI is InChI=1S/C17H21ClN2O4/c1-16(2,3)24-15(23)20-8-4-7-17(9-20)12-10(14(22)19-17)5-6-11(18)13(12)21/h5-6,12H,4,7-9H2,1-3H3,(H,19,22). The lowest BCUT2D eigenvalue weighted by Gasteiger charge is -2.43. The Bertz CT molecular complexity index is 677. The fourth-order valence-corrected chi connectivity index (χ4v) is 3.82. The monoisotopic (exact) mass is 352 g/mol. The molecule has 2 aliphatic heterocycles. The van der Waals surface area contributed by atoms with Crippen molar-refractivity contribution in [3.05, 3.63) is 22.8 Å². The summed E-state index contributed by atoms with van der Waals surface area (Å²) in [4.78, 5) is 38.8. The molecule has 7 heteroatoms. The van der Waals surface area contributed by atoms with Crippen molar-refractivity contribution in [1.29, 1.82) is 0 Å². The van der Waals surface area contributed by atoms with Gasteiger partial charge in [-0.25, -0.2) is 4.79 Å². The Morgan fingerprint density at radius 1 is 1.38 bits per heavy atom. The maximum atomic E-state index is 12.6. The molecule has 6 nitrogen and oxygen atoms in total. The van der Waals surface area contributed by atoms with Crippen LogP contribution in [-0.4, -0.2) is 46.9 Å². The minimum absolute atomic E-state index is 0.119. The van der Waals surface area contributed by atoms with Gasteiger partial charge in [0.1, 0.15) is 5.60 Å². The van der Waals surface area contributed by atoms with E-state index in [1.165, 1.54) is 6.08 Å². The van der Waals surface area contributed by atoms with Gasteiger partial charge >= 0.3 is 6.09 Å². The molecule has 3 rings (SSSR count). The highest BCUT2D eigenvalue weighted by Crippen LogP contribution is 2.42. The highest BCUT2D eigenvalue weighted by molar-refractivity contribution is 6.44. The van der Waals surface area contributed by atoms with Crippen molar-refractivity contribution in [1.82, 2.24) is 10.2 Å². The van der Waals surface area contributed by atoms with Gasteiger partial charge in [0.25, 0.3) is 0 Å². The Labute approximate surface area is 145 Å². The molecule has 0 aromatic rings. The molecule has 2 heterocycles. The number of fused-ring (bicyclic) bond motifs is 2. The van der Waals surface area contributed by atoms with E-state index >= 15 is 0 Å². The van der Waals surface area contributed by atoms with Crippen LogP contribution in [0.1, 0.15) is 33.6 Å². The van der Waals surface area contributed by atoms with E-state index in [1.807, 2.05) is 0 Å². The SMILES string of the molecule is CC(C)(C)OC(=O)N1CCCC2(C1)NC(=O)C1=CC=C(Cl)C(=O)C12. The van der Waals surface area contributed by atoms with Gasteiger partial charge in [0.2, 0.25) is 5.91 Å². The number of nitrogens with zero attached hydrogens (tertiary/aromatic N) is 1. The van der Waals surface area contributed by atoms with Crippen LogP contribution in [0.4, 0.5) is 4.79 Å². The number of amides is 2. The molecule has 2 unspecified atom stereocenters. The third-order valence-corrected chi connectivity index (χ3v) is 4.88. The van der Waals surface area contributed by atoms with Gasteiger partial charge in [0, 0.05) is 18.7 Å². The lowest BCUT2D eigenvalue weighted by molar-refractivity contribution is -0.120. The minimum atomic E-state index is -0.802. The van der Waals surface area contributed by atoms with Gasteiger partial charge in [0.05, 0.1) is 16.5 Å². The van der Waals surface area contributed by atoms with E-state index in [1.54, 1.807) is 31.7 Å². The number of carbonyl (C=O) groups excluding carboxylic acids is 3.